The third-order valence-electron chi connectivity index (χ3n) is 8.21. The first-order valence-electron chi connectivity index (χ1n) is 14.6. The zero-order chi connectivity index (χ0) is 32.9. The SMILES string of the molecule is CS(=O)(=O)C1CCN(C(=O)CCC(=O)N2Cc3ccccc3C[C@H]2C(=O)N[C@@H](CCN)C(=O)Nc2ccc(Cl)c(Cl)c2F)CC1. The molecule has 2 heterocycles. The zero-order valence-corrected chi connectivity index (χ0v) is 27.1. The molecule has 0 radical (unpaired) electrons. The van der Waals surface area contributed by atoms with Gasteiger partial charge in [-0.25, -0.2) is 12.8 Å². The number of benzene rings is 2. The average Bonchev–Trinajstić information content (AvgIpc) is 3.02. The number of fused-ring (bicyclic) bond motifs is 1. The maximum absolute atomic E-state index is 14.6. The summed E-state index contributed by atoms with van der Waals surface area (Å²) in [4.78, 5) is 56.1. The molecule has 2 aromatic rings. The van der Waals surface area contributed by atoms with Gasteiger partial charge in [-0.1, -0.05) is 47.5 Å². The summed E-state index contributed by atoms with van der Waals surface area (Å²) in [5.41, 5.74) is 7.21. The van der Waals surface area contributed by atoms with Crippen molar-refractivity contribution in [1.29, 1.82) is 0 Å². The van der Waals surface area contributed by atoms with Crippen LogP contribution in [0, 0.1) is 5.82 Å². The van der Waals surface area contributed by atoms with Crippen LogP contribution in [0.2, 0.25) is 10.0 Å². The van der Waals surface area contributed by atoms with Gasteiger partial charge in [-0.2, -0.15) is 0 Å². The second-order valence-electron chi connectivity index (χ2n) is 11.3. The van der Waals surface area contributed by atoms with E-state index in [1.807, 2.05) is 24.3 Å². The molecule has 0 bridgehead atoms. The number of halogens is 3. The number of piperidine rings is 1. The second-order valence-corrected chi connectivity index (χ2v) is 14.4. The monoisotopic (exact) mass is 683 g/mol. The maximum atomic E-state index is 14.6. The zero-order valence-electron chi connectivity index (χ0n) is 24.7. The number of nitrogens with zero attached hydrogens (tertiary/aromatic N) is 2. The summed E-state index contributed by atoms with van der Waals surface area (Å²) in [7, 11) is -3.19. The Balaban J connectivity index is 1.44. The molecular weight excluding hydrogens is 648 g/mol. The third kappa shape index (κ3) is 8.51. The lowest BCUT2D eigenvalue weighted by Crippen LogP contribution is -2.56. The molecule has 0 aromatic heterocycles. The van der Waals surface area contributed by atoms with Crippen molar-refractivity contribution in [1.82, 2.24) is 15.1 Å². The Morgan fingerprint density at radius 3 is 2.31 bits per heavy atom. The number of amides is 4. The van der Waals surface area contributed by atoms with Crippen LogP contribution in [0.5, 0.6) is 0 Å². The van der Waals surface area contributed by atoms with E-state index in [0.29, 0.717) is 25.9 Å². The smallest absolute Gasteiger partial charge is 0.247 e. The van der Waals surface area contributed by atoms with Crippen LogP contribution in [0.3, 0.4) is 0 Å². The van der Waals surface area contributed by atoms with E-state index in [1.54, 1.807) is 4.90 Å². The molecular formula is C30H36Cl2FN5O6S. The molecule has 2 aromatic carbocycles. The summed E-state index contributed by atoms with van der Waals surface area (Å²) in [6, 6.07) is 7.81. The molecule has 4 rings (SSSR count). The predicted molar refractivity (Wildman–Crippen MR) is 169 cm³/mol. The molecule has 1 fully saturated rings. The van der Waals surface area contributed by atoms with Crippen molar-refractivity contribution in [2.45, 2.75) is 62.4 Å². The van der Waals surface area contributed by atoms with Gasteiger partial charge in [0.1, 0.15) is 21.9 Å². The molecule has 11 nitrogen and oxygen atoms in total. The molecule has 0 saturated carbocycles. The van der Waals surface area contributed by atoms with Gasteiger partial charge in [0.15, 0.2) is 5.82 Å². The molecule has 1 saturated heterocycles. The van der Waals surface area contributed by atoms with E-state index in [4.69, 9.17) is 28.9 Å². The van der Waals surface area contributed by atoms with E-state index < -0.39 is 50.7 Å². The van der Waals surface area contributed by atoms with Crippen molar-refractivity contribution in [3.05, 3.63) is 63.4 Å². The highest BCUT2D eigenvalue weighted by molar-refractivity contribution is 7.91. The fourth-order valence-electron chi connectivity index (χ4n) is 5.61. The summed E-state index contributed by atoms with van der Waals surface area (Å²) in [6.45, 7) is 0.748. The molecule has 0 aliphatic carbocycles. The summed E-state index contributed by atoms with van der Waals surface area (Å²) in [5, 5.41) is 4.21. The van der Waals surface area contributed by atoms with Crippen molar-refractivity contribution in [2.24, 2.45) is 5.73 Å². The lowest BCUT2D eigenvalue weighted by molar-refractivity contribution is -0.144. The number of carbonyl (C=O) groups excluding carboxylic acids is 4. The topological polar surface area (TPSA) is 159 Å². The largest absolute Gasteiger partial charge is 0.343 e. The molecule has 4 N–H and O–H groups in total. The van der Waals surface area contributed by atoms with Crippen molar-refractivity contribution < 1.29 is 32.0 Å². The first-order valence-corrected chi connectivity index (χ1v) is 17.3. The minimum absolute atomic E-state index is 0.0282. The maximum Gasteiger partial charge on any atom is 0.247 e. The molecule has 2 aliphatic heterocycles. The van der Waals surface area contributed by atoms with Crippen LogP contribution in [-0.4, -0.2) is 85.1 Å². The van der Waals surface area contributed by atoms with Crippen molar-refractivity contribution in [3.63, 3.8) is 0 Å². The minimum atomic E-state index is -3.19. The molecule has 45 heavy (non-hydrogen) atoms. The highest BCUT2D eigenvalue weighted by atomic mass is 35.5. The fourth-order valence-corrected chi connectivity index (χ4v) is 6.99. The van der Waals surface area contributed by atoms with E-state index in [9.17, 15) is 32.0 Å². The number of nitrogens with one attached hydrogen (secondary N) is 2. The Morgan fingerprint density at radius 2 is 1.67 bits per heavy atom. The molecule has 0 spiro atoms. The Labute approximate surface area is 271 Å². The van der Waals surface area contributed by atoms with Gasteiger partial charge in [0.05, 0.1) is 21.0 Å². The lowest BCUT2D eigenvalue weighted by atomic mass is 9.92. The van der Waals surface area contributed by atoms with Gasteiger partial charge in [-0.3, -0.25) is 19.2 Å². The summed E-state index contributed by atoms with van der Waals surface area (Å²) in [5.74, 6) is -2.93. The summed E-state index contributed by atoms with van der Waals surface area (Å²) < 4.78 is 38.3. The van der Waals surface area contributed by atoms with Gasteiger partial charge >= 0.3 is 0 Å². The van der Waals surface area contributed by atoms with Gasteiger partial charge < -0.3 is 26.2 Å². The van der Waals surface area contributed by atoms with Crippen LogP contribution < -0.4 is 16.4 Å². The number of hydrogen-bond donors (Lipinski definition) is 3. The average molecular weight is 685 g/mol. The third-order valence-corrected chi connectivity index (χ3v) is 10.7. The van der Waals surface area contributed by atoms with Gasteiger partial charge in [0, 0.05) is 45.2 Å². The van der Waals surface area contributed by atoms with E-state index in [-0.39, 0.29) is 60.4 Å². The number of hydrogen-bond acceptors (Lipinski definition) is 7. The highest BCUT2D eigenvalue weighted by Gasteiger charge is 2.37. The molecule has 2 atom stereocenters. The van der Waals surface area contributed by atoms with Crippen LogP contribution in [0.25, 0.3) is 0 Å². The lowest BCUT2D eigenvalue weighted by Gasteiger charge is -2.37. The predicted octanol–water partition coefficient (Wildman–Crippen LogP) is 2.67. The number of nitrogens with two attached hydrogens (primary N) is 1. The van der Waals surface area contributed by atoms with Crippen LogP contribution in [0.15, 0.2) is 36.4 Å². The van der Waals surface area contributed by atoms with Crippen molar-refractivity contribution >= 4 is 62.4 Å². The molecule has 244 valence electrons. The minimum Gasteiger partial charge on any atom is -0.343 e. The fraction of sp³-hybridized carbons (Fsp3) is 0.467. The number of anilines is 1. The van der Waals surface area contributed by atoms with Gasteiger partial charge in [-0.05, 0) is 49.1 Å². The van der Waals surface area contributed by atoms with E-state index >= 15 is 0 Å². The summed E-state index contributed by atoms with van der Waals surface area (Å²) in [6.07, 6.45) is 1.85. The number of sulfone groups is 1. The van der Waals surface area contributed by atoms with Crippen LogP contribution in [0.4, 0.5) is 10.1 Å². The first-order chi connectivity index (χ1) is 21.3. The number of rotatable bonds is 10. The number of carbonyl (C=O) groups is 4. The van der Waals surface area contributed by atoms with E-state index in [0.717, 1.165) is 11.1 Å². The molecule has 0 unspecified atom stereocenters. The molecule has 15 heteroatoms. The van der Waals surface area contributed by atoms with Crippen molar-refractivity contribution in [3.8, 4) is 0 Å². The van der Waals surface area contributed by atoms with E-state index in [2.05, 4.69) is 10.6 Å². The second kappa shape index (κ2) is 14.9. The van der Waals surface area contributed by atoms with Crippen LogP contribution in [-0.2, 0) is 42.0 Å². The van der Waals surface area contributed by atoms with Crippen LogP contribution in [0.1, 0.15) is 43.2 Å². The summed E-state index contributed by atoms with van der Waals surface area (Å²) >= 11 is 11.7. The highest BCUT2D eigenvalue weighted by Crippen LogP contribution is 2.30. The normalized spacial score (nSPS) is 17.8. The van der Waals surface area contributed by atoms with Gasteiger partial charge in [0.25, 0.3) is 0 Å². The van der Waals surface area contributed by atoms with Crippen molar-refractivity contribution in [2.75, 3.05) is 31.2 Å². The number of likely N-dealkylation sites (tertiary alicyclic amines) is 1. The van der Waals surface area contributed by atoms with E-state index in [1.165, 1.54) is 23.3 Å². The quantitative estimate of drug-likeness (QED) is 0.325. The molecule has 2 aliphatic rings. The Bertz CT molecular complexity index is 1570. The Kier molecular flexibility index (Phi) is 11.5. The first kappa shape index (κ1) is 34.6. The molecule has 4 amide bonds. The standard InChI is InChI=1S/C30H36Cl2FN5O6S/c1-45(43,44)20-11-14-37(15-12-20)25(39)8-9-26(40)38-17-19-5-3-2-4-18(19)16-24(38)30(42)36-23(10-13-34)29(41)35-22-7-6-21(31)27(32)28(22)33/h2-7,20,23-24H,8-17,34H2,1H3,(H,35,41)(H,36,42)/t23-,24-/m0/s1. The van der Waals surface area contributed by atoms with Crippen LogP contribution >= 0.6 is 23.2 Å². The van der Waals surface area contributed by atoms with Gasteiger partial charge in [0.2, 0.25) is 23.6 Å². The Hall–Kier alpha value is -3.26. The van der Waals surface area contributed by atoms with Gasteiger partial charge in [-0.15, -0.1) is 0 Å². The Morgan fingerprint density at radius 1 is 1.02 bits per heavy atom.